The lowest BCUT2D eigenvalue weighted by Crippen LogP contribution is -2.35. The summed E-state index contributed by atoms with van der Waals surface area (Å²) in [6.45, 7) is -0.999. The number of hydrogen-bond donors (Lipinski definition) is 1. The molecule has 28 heavy (non-hydrogen) atoms. The molecule has 2 aromatic rings. The van der Waals surface area contributed by atoms with E-state index >= 15 is 0 Å². The number of carbonyl (C=O) groups excluding carboxylic acids is 2. The highest BCUT2D eigenvalue weighted by molar-refractivity contribution is 5.80. The zero-order chi connectivity index (χ0) is 20.1. The number of nitrogens with one attached hydrogen (secondary N) is 1. The van der Waals surface area contributed by atoms with Gasteiger partial charge < -0.3 is 10.1 Å². The molecule has 9 nitrogen and oxygen atoms in total. The summed E-state index contributed by atoms with van der Waals surface area (Å²) in [7, 11) is 0. The van der Waals surface area contributed by atoms with Crippen LogP contribution in [-0.2, 0) is 27.3 Å². The van der Waals surface area contributed by atoms with Crippen LogP contribution in [0.25, 0.3) is 0 Å². The molecule has 1 heterocycles. The molecule has 0 saturated carbocycles. The summed E-state index contributed by atoms with van der Waals surface area (Å²) >= 11 is 0. The van der Waals surface area contributed by atoms with Crippen molar-refractivity contribution in [3.63, 3.8) is 0 Å². The van der Waals surface area contributed by atoms with E-state index in [1.165, 1.54) is 5.56 Å². The van der Waals surface area contributed by atoms with E-state index in [1.807, 2.05) is 24.3 Å². The van der Waals surface area contributed by atoms with Gasteiger partial charge in [-0.2, -0.15) is 0 Å². The van der Waals surface area contributed by atoms with Gasteiger partial charge in [-0.25, -0.2) is 0 Å². The van der Waals surface area contributed by atoms with Crippen LogP contribution in [-0.4, -0.2) is 28.0 Å². The monoisotopic (exact) mass is 385 g/mol. The molecule has 0 radical (unpaired) electrons. The number of esters is 1. The number of amides is 1. The third-order valence-electron chi connectivity index (χ3n) is 4.55. The van der Waals surface area contributed by atoms with Crippen molar-refractivity contribution in [1.29, 1.82) is 0 Å². The SMILES string of the molecule is O=C(COC(=O)Cn1cc([N+](=O)[O-])ccc1=O)NC1CCCc2ccccc21. The van der Waals surface area contributed by atoms with Crippen LogP contribution in [0.5, 0.6) is 0 Å². The van der Waals surface area contributed by atoms with Gasteiger partial charge in [0.2, 0.25) is 0 Å². The number of rotatable bonds is 6. The number of aryl methyl sites for hydroxylation is 1. The average molecular weight is 385 g/mol. The molecule has 1 atom stereocenters. The lowest BCUT2D eigenvalue weighted by atomic mass is 9.88. The minimum atomic E-state index is -0.832. The maximum atomic E-state index is 12.1. The second-order valence-corrected chi connectivity index (χ2v) is 6.48. The predicted octanol–water partition coefficient (Wildman–Crippen LogP) is 1.49. The Morgan fingerprint density at radius 3 is 2.82 bits per heavy atom. The number of benzene rings is 1. The maximum absolute atomic E-state index is 12.1. The van der Waals surface area contributed by atoms with Gasteiger partial charge in [0.25, 0.3) is 17.2 Å². The van der Waals surface area contributed by atoms with Crippen molar-refractivity contribution in [2.75, 3.05) is 6.61 Å². The van der Waals surface area contributed by atoms with Gasteiger partial charge in [-0.05, 0) is 30.4 Å². The molecule has 9 heteroatoms. The Kier molecular flexibility index (Phi) is 5.83. The van der Waals surface area contributed by atoms with E-state index in [4.69, 9.17) is 4.74 Å². The first-order valence-corrected chi connectivity index (χ1v) is 8.81. The number of hydrogen-bond acceptors (Lipinski definition) is 6. The third-order valence-corrected chi connectivity index (χ3v) is 4.55. The maximum Gasteiger partial charge on any atom is 0.326 e. The zero-order valence-electron chi connectivity index (χ0n) is 15.0. The number of nitrogens with zero attached hydrogens (tertiary/aromatic N) is 2. The van der Waals surface area contributed by atoms with Crippen molar-refractivity contribution < 1.29 is 19.2 Å². The first kappa shape index (κ1) is 19.3. The fraction of sp³-hybridized carbons (Fsp3) is 0.316. The number of aromatic nitrogens is 1. The van der Waals surface area contributed by atoms with Crippen LogP contribution >= 0.6 is 0 Å². The van der Waals surface area contributed by atoms with Gasteiger partial charge in [-0.1, -0.05) is 24.3 Å². The second kappa shape index (κ2) is 8.47. The van der Waals surface area contributed by atoms with Gasteiger partial charge in [0.15, 0.2) is 6.61 Å². The lowest BCUT2D eigenvalue weighted by Gasteiger charge is -2.26. The van der Waals surface area contributed by atoms with Gasteiger partial charge in [0.05, 0.1) is 17.2 Å². The molecule has 1 N–H and O–H groups in total. The van der Waals surface area contributed by atoms with Crippen LogP contribution in [0.4, 0.5) is 5.69 Å². The highest BCUT2D eigenvalue weighted by Crippen LogP contribution is 2.29. The van der Waals surface area contributed by atoms with Gasteiger partial charge >= 0.3 is 5.97 Å². The molecular formula is C19H19N3O6. The van der Waals surface area contributed by atoms with E-state index in [2.05, 4.69) is 5.32 Å². The minimum Gasteiger partial charge on any atom is -0.454 e. The lowest BCUT2D eigenvalue weighted by molar-refractivity contribution is -0.385. The number of fused-ring (bicyclic) bond motifs is 1. The number of nitro groups is 1. The molecule has 3 rings (SSSR count). The molecule has 1 aromatic carbocycles. The Morgan fingerprint density at radius 2 is 2.04 bits per heavy atom. The van der Waals surface area contributed by atoms with Crippen molar-refractivity contribution >= 4 is 17.6 Å². The van der Waals surface area contributed by atoms with Crippen LogP contribution < -0.4 is 10.9 Å². The van der Waals surface area contributed by atoms with E-state index in [1.54, 1.807) is 0 Å². The Bertz CT molecular complexity index is 968. The highest BCUT2D eigenvalue weighted by Gasteiger charge is 2.22. The molecule has 1 unspecified atom stereocenters. The fourth-order valence-electron chi connectivity index (χ4n) is 3.22. The Labute approximate surface area is 160 Å². The molecule has 1 aromatic heterocycles. The summed E-state index contributed by atoms with van der Waals surface area (Å²) in [4.78, 5) is 45.8. The molecule has 0 spiro atoms. The van der Waals surface area contributed by atoms with E-state index in [0.717, 1.165) is 47.7 Å². The first-order chi connectivity index (χ1) is 13.4. The number of carbonyl (C=O) groups is 2. The Hall–Kier alpha value is -3.49. The Morgan fingerprint density at radius 1 is 1.25 bits per heavy atom. The summed E-state index contributed by atoms with van der Waals surface area (Å²) < 4.78 is 5.78. The molecule has 146 valence electrons. The smallest absolute Gasteiger partial charge is 0.326 e. The van der Waals surface area contributed by atoms with Gasteiger partial charge in [0, 0.05) is 12.1 Å². The topological polar surface area (TPSA) is 121 Å². The van der Waals surface area contributed by atoms with Crippen molar-refractivity contribution in [3.8, 4) is 0 Å². The predicted molar refractivity (Wildman–Crippen MR) is 98.6 cm³/mol. The summed E-state index contributed by atoms with van der Waals surface area (Å²) in [6, 6.07) is 9.81. The van der Waals surface area contributed by atoms with E-state index in [0.29, 0.717) is 0 Å². The molecule has 1 aliphatic carbocycles. The summed E-state index contributed by atoms with van der Waals surface area (Å²) in [5.74, 6) is -1.27. The van der Waals surface area contributed by atoms with Crippen molar-refractivity contribution in [1.82, 2.24) is 9.88 Å². The zero-order valence-corrected chi connectivity index (χ0v) is 15.0. The van der Waals surface area contributed by atoms with E-state index in [-0.39, 0.29) is 11.7 Å². The molecule has 0 aliphatic heterocycles. The van der Waals surface area contributed by atoms with Crippen molar-refractivity contribution in [2.24, 2.45) is 0 Å². The quantitative estimate of drug-likeness (QED) is 0.457. The van der Waals surface area contributed by atoms with Gasteiger partial charge in [-0.3, -0.25) is 29.1 Å². The van der Waals surface area contributed by atoms with Crippen molar-refractivity contribution in [2.45, 2.75) is 31.8 Å². The third kappa shape index (κ3) is 4.61. The Balaban J connectivity index is 1.54. The highest BCUT2D eigenvalue weighted by atomic mass is 16.6. The van der Waals surface area contributed by atoms with Crippen molar-refractivity contribution in [3.05, 3.63) is 74.2 Å². The van der Waals surface area contributed by atoms with Crippen LogP contribution in [0.15, 0.2) is 47.4 Å². The van der Waals surface area contributed by atoms with Crippen LogP contribution in [0.3, 0.4) is 0 Å². The largest absolute Gasteiger partial charge is 0.454 e. The molecule has 1 aliphatic rings. The average Bonchev–Trinajstić information content (AvgIpc) is 2.68. The van der Waals surface area contributed by atoms with E-state index in [9.17, 15) is 24.5 Å². The molecular weight excluding hydrogens is 366 g/mol. The molecule has 0 fully saturated rings. The van der Waals surface area contributed by atoms with Gasteiger partial charge in [-0.15, -0.1) is 0 Å². The normalized spacial score (nSPS) is 15.4. The summed E-state index contributed by atoms with van der Waals surface area (Å²) in [6.07, 6.45) is 3.69. The van der Waals surface area contributed by atoms with Gasteiger partial charge in [0.1, 0.15) is 6.54 Å². The summed E-state index contributed by atoms with van der Waals surface area (Å²) in [5.41, 5.74) is 1.37. The van der Waals surface area contributed by atoms with Crippen LogP contribution in [0.1, 0.15) is 30.0 Å². The molecule has 0 bridgehead atoms. The molecule has 0 saturated heterocycles. The number of pyridine rings is 1. The second-order valence-electron chi connectivity index (χ2n) is 6.48. The standard InChI is InChI=1S/C19H19N3O6/c23-17(20-16-7-3-5-13-4-1-2-6-15(13)16)12-28-19(25)11-21-10-14(22(26)27)8-9-18(21)24/h1-2,4,6,8-10,16H,3,5,7,11-12H2,(H,20,23). The summed E-state index contributed by atoms with van der Waals surface area (Å²) in [5, 5.41) is 13.6. The number of ether oxygens (including phenoxy) is 1. The van der Waals surface area contributed by atoms with Crippen LogP contribution in [0, 0.1) is 10.1 Å². The van der Waals surface area contributed by atoms with Crippen LogP contribution in [0.2, 0.25) is 0 Å². The minimum absolute atomic E-state index is 0.129. The van der Waals surface area contributed by atoms with E-state index < -0.39 is 35.5 Å². The molecule has 1 amide bonds. The fourth-order valence-corrected chi connectivity index (χ4v) is 3.22. The first-order valence-electron chi connectivity index (χ1n) is 8.81.